The summed E-state index contributed by atoms with van der Waals surface area (Å²) >= 11 is 0. The van der Waals surface area contributed by atoms with Gasteiger partial charge in [-0.25, -0.2) is 0 Å². The van der Waals surface area contributed by atoms with Gasteiger partial charge < -0.3 is 17.2 Å². The van der Waals surface area contributed by atoms with Crippen LogP contribution in [-0.4, -0.2) is 5.78 Å². The van der Waals surface area contributed by atoms with Crippen molar-refractivity contribution in [3.8, 4) is 11.1 Å². The van der Waals surface area contributed by atoms with Crippen molar-refractivity contribution in [3.05, 3.63) is 41.5 Å². The van der Waals surface area contributed by atoms with Gasteiger partial charge in [-0.3, -0.25) is 4.79 Å². The lowest BCUT2D eigenvalue weighted by Gasteiger charge is -2.05. The van der Waals surface area contributed by atoms with E-state index in [0.29, 0.717) is 28.2 Å². The molecule has 1 aliphatic carbocycles. The molecule has 0 radical (unpaired) electrons. The largest absolute Gasteiger partial charge is 0.399 e. The number of nitrogens with two attached hydrogens (primary N) is 3. The highest BCUT2D eigenvalue weighted by atomic mass is 16.1. The second kappa shape index (κ2) is 3.01. The molecule has 84 valence electrons. The number of fused-ring (bicyclic) bond motifs is 3. The van der Waals surface area contributed by atoms with E-state index in [4.69, 9.17) is 17.2 Å². The van der Waals surface area contributed by atoms with Gasteiger partial charge in [-0.1, -0.05) is 6.07 Å². The van der Waals surface area contributed by atoms with Crippen LogP contribution in [0.3, 0.4) is 0 Å². The summed E-state index contributed by atoms with van der Waals surface area (Å²) in [5.74, 6) is -0.0682. The Hall–Kier alpha value is -2.49. The van der Waals surface area contributed by atoms with E-state index in [1.165, 1.54) is 0 Å². The fourth-order valence-corrected chi connectivity index (χ4v) is 2.28. The predicted octanol–water partition coefficient (Wildman–Crippen LogP) is 1.64. The van der Waals surface area contributed by atoms with E-state index < -0.39 is 0 Å². The Bertz CT molecular complexity index is 662. The van der Waals surface area contributed by atoms with Crippen molar-refractivity contribution in [1.29, 1.82) is 0 Å². The van der Waals surface area contributed by atoms with Crippen LogP contribution < -0.4 is 17.2 Å². The number of carbonyl (C=O) groups is 1. The molecule has 0 bridgehead atoms. The average Bonchev–Trinajstić information content (AvgIpc) is 2.53. The van der Waals surface area contributed by atoms with Crippen LogP contribution in [0.5, 0.6) is 0 Å². The van der Waals surface area contributed by atoms with Crippen LogP contribution >= 0.6 is 0 Å². The lowest BCUT2D eigenvalue weighted by atomic mass is 10.0. The normalized spacial score (nSPS) is 12.4. The molecule has 6 N–H and O–H groups in total. The number of ketones is 1. The van der Waals surface area contributed by atoms with Crippen LogP contribution in [0.1, 0.15) is 15.9 Å². The Morgan fingerprint density at radius 1 is 0.765 bits per heavy atom. The molecule has 17 heavy (non-hydrogen) atoms. The minimum absolute atomic E-state index is 0.0682. The van der Waals surface area contributed by atoms with Gasteiger partial charge in [0.15, 0.2) is 5.78 Å². The van der Waals surface area contributed by atoms with Gasteiger partial charge in [0.2, 0.25) is 0 Å². The topological polar surface area (TPSA) is 95.1 Å². The number of nitrogen functional groups attached to an aromatic ring is 3. The number of carbonyl (C=O) groups excluding carboxylic acids is 1. The van der Waals surface area contributed by atoms with Crippen molar-refractivity contribution in [2.75, 3.05) is 17.2 Å². The minimum Gasteiger partial charge on any atom is -0.399 e. The fourth-order valence-electron chi connectivity index (χ4n) is 2.28. The molecule has 0 saturated carbocycles. The molecule has 0 saturated heterocycles. The Kier molecular flexibility index (Phi) is 1.72. The molecule has 1 aliphatic rings. The first kappa shape index (κ1) is 9.72. The van der Waals surface area contributed by atoms with Crippen LogP contribution in [0, 0.1) is 0 Å². The molecular formula is C13H11N3O. The maximum absolute atomic E-state index is 12.2. The van der Waals surface area contributed by atoms with Gasteiger partial charge >= 0.3 is 0 Å². The quantitative estimate of drug-likeness (QED) is 0.507. The lowest BCUT2D eigenvalue weighted by molar-refractivity contribution is 0.104. The molecule has 0 unspecified atom stereocenters. The summed E-state index contributed by atoms with van der Waals surface area (Å²) in [6.07, 6.45) is 0. The Morgan fingerprint density at radius 3 is 2.24 bits per heavy atom. The monoisotopic (exact) mass is 225 g/mol. The minimum atomic E-state index is -0.0682. The molecule has 0 spiro atoms. The summed E-state index contributed by atoms with van der Waals surface area (Å²) in [6, 6.07) is 8.58. The zero-order chi connectivity index (χ0) is 12.2. The molecule has 4 nitrogen and oxygen atoms in total. The van der Waals surface area contributed by atoms with Gasteiger partial charge in [-0.05, 0) is 29.8 Å². The van der Waals surface area contributed by atoms with E-state index in [1.807, 2.05) is 6.07 Å². The first-order chi connectivity index (χ1) is 8.08. The summed E-state index contributed by atoms with van der Waals surface area (Å²) in [5, 5.41) is 0. The smallest absolute Gasteiger partial charge is 0.194 e. The van der Waals surface area contributed by atoms with Crippen molar-refractivity contribution >= 4 is 22.8 Å². The van der Waals surface area contributed by atoms with Gasteiger partial charge in [0.05, 0.1) is 0 Å². The zero-order valence-electron chi connectivity index (χ0n) is 9.03. The highest BCUT2D eigenvalue weighted by molar-refractivity contribution is 6.24. The Balaban J connectivity index is 2.39. The van der Waals surface area contributed by atoms with E-state index in [9.17, 15) is 4.79 Å². The Morgan fingerprint density at radius 2 is 1.47 bits per heavy atom. The standard InChI is InChI=1S/C13H11N3O/c14-6-1-2-8-9(3-6)13(17)10-4-7(15)5-11(16)12(8)10/h1-5H,14-16H2. The molecule has 2 aromatic rings. The predicted molar refractivity (Wildman–Crippen MR) is 68.5 cm³/mol. The van der Waals surface area contributed by atoms with Crippen molar-refractivity contribution in [2.24, 2.45) is 0 Å². The van der Waals surface area contributed by atoms with Crippen molar-refractivity contribution < 1.29 is 4.79 Å². The van der Waals surface area contributed by atoms with Crippen LogP contribution in [0.15, 0.2) is 30.3 Å². The SMILES string of the molecule is Nc1ccc2c(c1)C(=O)c1cc(N)cc(N)c1-2. The van der Waals surface area contributed by atoms with E-state index in [2.05, 4.69) is 0 Å². The van der Waals surface area contributed by atoms with Crippen LogP contribution in [0.2, 0.25) is 0 Å². The molecule has 0 aliphatic heterocycles. The van der Waals surface area contributed by atoms with Crippen LogP contribution in [0.4, 0.5) is 17.1 Å². The molecule has 2 aromatic carbocycles. The van der Waals surface area contributed by atoms with E-state index in [0.717, 1.165) is 11.1 Å². The average molecular weight is 225 g/mol. The van der Waals surface area contributed by atoms with E-state index in [1.54, 1.807) is 24.3 Å². The maximum Gasteiger partial charge on any atom is 0.194 e. The van der Waals surface area contributed by atoms with Gasteiger partial charge in [0.25, 0.3) is 0 Å². The summed E-state index contributed by atoms with van der Waals surface area (Å²) in [6.45, 7) is 0. The van der Waals surface area contributed by atoms with E-state index >= 15 is 0 Å². The molecule has 4 heteroatoms. The molecule has 0 fully saturated rings. The summed E-state index contributed by atoms with van der Waals surface area (Å²) in [4.78, 5) is 12.2. The summed E-state index contributed by atoms with van der Waals surface area (Å²) in [5.41, 5.74) is 21.6. The number of benzene rings is 2. The highest BCUT2D eigenvalue weighted by Crippen LogP contribution is 2.42. The first-order valence-corrected chi connectivity index (χ1v) is 5.21. The summed E-state index contributed by atoms with van der Waals surface area (Å²) in [7, 11) is 0. The third kappa shape index (κ3) is 1.21. The number of anilines is 3. The van der Waals surface area contributed by atoms with Crippen LogP contribution in [-0.2, 0) is 0 Å². The second-order valence-electron chi connectivity index (χ2n) is 4.17. The highest BCUT2D eigenvalue weighted by Gasteiger charge is 2.28. The third-order valence-corrected chi connectivity index (χ3v) is 2.99. The van der Waals surface area contributed by atoms with Crippen molar-refractivity contribution in [3.63, 3.8) is 0 Å². The van der Waals surface area contributed by atoms with Gasteiger partial charge in [-0.15, -0.1) is 0 Å². The number of hydrogen-bond acceptors (Lipinski definition) is 4. The van der Waals surface area contributed by atoms with Gasteiger partial charge in [0.1, 0.15) is 0 Å². The van der Waals surface area contributed by atoms with Gasteiger partial charge in [0, 0.05) is 33.8 Å². The number of rotatable bonds is 0. The zero-order valence-corrected chi connectivity index (χ0v) is 9.03. The molecule has 0 heterocycles. The first-order valence-electron chi connectivity index (χ1n) is 5.21. The Labute approximate surface area is 98.0 Å². The summed E-state index contributed by atoms with van der Waals surface area (Å²) < 4.78 is 0. The molecule has 0 atom stereocenters. The lowest BCUT2D eigenvalue weighted by Crippen LogP contribution is -1.99. The van der Waals surface area contributed by atoms with E-state index in [-0.39, 0.29) is 5.78 Å². The maximum atomic E-state index is 12.2. The van der Waals surface area contributed by atoms with Crippen molar-refractivity contribution in [1.82, 2.24) is 0 Å². The molecule has 3 rings (SSSR count). The second-order valence-corrected chi connectivity index (χ2v) is 4.17. The molecule has 0 amide bonds. The van der Waals surface area contributed by atoms with Crippen LogP contribution in [0.25, 0.3) is 11.1 Å². The number of hydrogen-bond donors (Lipinski definition) is 3. The molecule has 0 aromatic heterocycles. The van der Waals surface area contributed by atoms with Gasteiger partial charge in [-0.2, -0.15) is 0 Å². The molecular weight excluding hydrogens is 214 g/mol. The van der Waals surface area contributed by atoms with Crippen molar-refractivity contribution in [2.45, 2.75) is 0 Å². The third-order valence-electron chi connectivity index (χ3n) is 2.99. The fraction of sp³-hybridized carbons (Fsp3) is 0.